The molecule has 1 aliphatic rings. The van der Waals surface area contributed by atoms with Gasteiger partial charge in [0.05, 0.1) is 28.2 Å². The van der Waals surface area contributed by atoms with E-state index in [0.29, 0.717) is 5.92 Å². The lowest BCUT2D eigenvalue weighted by atomic mass is 9.84. The second-order valence-corrected chi connectivity index (χ2v) is 10.8. The Bertz CT molecular complexity index is 906. The third-order valence-electron chi connectivity index (χ3n) is 6.25. The molecule has 2 N–H and O–H groups in total. The van der Waals surface area contributed by atoms with Crippen LogP contribution >= 0.6 is 11.3 Å². The summed E-state index contributed by atoms with van der Waals surface area (Å²) in [5.41, 5.74) is 7.84. The predicted molar refractivity (Wildman–Crippen MR) is 134 cm³/mol. The van der Waals surface area contributed by atoms with Crippen molar-refractivity contribution in [3.8, 4) is 10.4 Å². The summed E-state index contributed by atoms with van der Waals surface area (Å²) in [4.78, 5) is 8.06. The number of thiazole rings is 1. The number of aryl methyl sites for hydroxylation is 1. The number of rotatable bonds is 8. The van der Waals surface area contributed by atoms with Gasteiger partial charge in [-0.2, -0.15) is 0 Å². The monoisotopic (exact) mass is 438 g/mol. The minimum atomic E-state index is 0.106. The van der Waals surface area contributed by atoms with E-state index < -0.39 is 0 Å². The first-order chi connectivity index (χ1) is 14.6. The van der Waals surface area contributed by atoms with Gasteiger partial charge in [-0.1, -0.05) is 65.1 Å². The second kappa shape index (κ2) is 9.58. The van der Waals surface area contributed by atoms with Gasteiger partial charge in [0.2, 0.25) is 0 Å². The van der Waals surface area contributed by atoms with Crippen molar-refractivity contribution in [3.63, 3.8) is 0 Å². The quantitative estimate of drug-likeness (QED) is 0.564. The summed E-state index contributed by atoms with van der Waals surface area (Å²) in [6, 6.07) is 9.27. The smallest absolute Gasteiger partial charge is 0.0801 e. The normalized spacial score (nSPS) is 20.0. The summed E-state index contributed by atoms with van der Waals surface area (Å²) in [7, 11) is 2.03. The number of nitrogens with one attached hydrogen (secondary N) is 2. The summed E-state index contributed by atoms with van der Waals surface area (Å²) >= 11 is 1.69. The van der Waals surface area contributed by atoms with Crippen LogP contribution in [0.25, 0.3) is 10.4 Å². The average molecular weight is 439 g/mol. The first-order valence-corrected chi connectivity index (χ1v) is 12.0. The Balaban J connectivity index is 1.65. The molecule has 0 bridgehead atoms. The summed E-state index contributed by atoms with van der Waals surface area (Å²) in [6.07, 6.45) is 1.11. The first-order valence-electron chi connectivity index (χ1n) is 11.2. The molecule has 168 valence electrons. The zero-order chi connectivity index (χ0) is 22.8. The molecule has 1 unspecified atom stereocenters. The van der Waals surface area contributed by atoms with Crippen LogP contribution in [0.1, 0.15) is 45.4 Å². The van der Waals surface area contributed by atoms with Gasteiger partial charge < -0.3 is 15.5 Å². The van der Waals surface area contributed by atoms with Crippen molar-refractivity contribution < 1.29 is 0 Å². The number of benzene rings is 1. The number of hydrogen-bond acceptors (Lipinski definition) is 5. The summed E-state index contributed by atoms with van der Waals surface area (Å²) in [5, 5.41) is 7.08. The van der Waals surface area contributed by atoms with E-state index in [1.807, 2.05) is 12.6 Å². The largest absolute Gasteiger partial charge is 0.383 e. The van der Waals surface area contributed by atoms with Crippen molar-refractivity contribution in [1.82, 2.24) is 20.5 Å². The topological polar surface area (TPSA) is 40.2 Å². The maximum Gasteiger partial charge on any atom is 0.0801 e. The molecule has 1 fully saturated rings. The van der Waals surface area contributed by atoms with E-state index in [2.05, 4.69) is 92.6 Å². The summed E-state index contributed by atoms with van der Waals surface area (Å²) in [5.74, 6) is 0.625. The van der Waals surface area contributed by atoms with Gasteiger partial charge >= 0.3 is 0 Å². The van der Waals surface area contributed by atoms with Crippen LogP contribution in [0.5, 0.6) is 0 Å². The van der Waals surface area contributed by atoms with Gasteiger partial charge in [-0.05, 0) is 42.9 Å². The lowest BCUT2D eigenvalue weighted by Gasteiger charge is -2.39. The maximum absolute atomic E-state index is 4.49. The fraction of sp³-hybridized carbons (Fsp3) is 0.500. The van der Waals surface area contributed by atoms with Crippen LogP contribution in [-0.4, -0.2) is 35.6 Å². The lowest BCUT2D eigenvalue weighted by Crippen LogP contribution is -2.47. The summed E-state index contributed by atoms with van der Waals surface area (Å²) < 4.78 is 0. The number of likely N-dealkylation sites (tertiary alicyclic amines) is 1. The number of aromatic nitrogens is 1. The number of nitrogens with zero attached hydrogens (tertiary/aromatic N) is 2. The Morgan fingerprint density at radius 3 is 2.48 bits per heavy atom. The highest BCUT2D eigenvalue weighted by Gasteiger charge is 2.37. The van der Waals surface area contributed by atoms with Crippen LogP contribution in [0.15, 0.2) is 54.3 Å². The molecule has 4 nitrogen and oxygen atoms in total. The van der Waals surface area contributed by atoms with Gasteiger partial charge in [-0.25, -0.2) is 4.98 Å². The Hall–Kier alpha value is -2.11. The fourth-order valence-corrected chi connectivity index (χ4v) is 5.46. The van der Waals surface area contributed by atoms with Crippen LogP contribution in [0.4, 0.5) is 0 Å². The Morgan fingerprint density at radius 2 is 1.94 bits per heavy atom. The van der Waals surface area contributed by atoms with Crippen LogP contribution < -0.4 is 10.6 Å². The van der Waals surface area contributed by atoms with E-state index in [-0.39, 0.29) is 17.5 Å². The number of likely N-dealkylation sites (N-methyl/N-ethyl adjacent to an activating group) is 1. The minimum absolute atomic E-state index is 0.106. The molecule has 0 saturated carbocycles. The van der Waals surface area contributed by atoms with E-state index in [0.717, 1.165) is 36.6 Å². The third kappa shape index (κ3) is 5.39. The molecule has 3 rings (SSSR count). The Morgan fingerprint density at radius 1 is 1.26 bits per heavy atom. The molecule has 0 amide bonds. The third-order valence-corrected chi connectivity index (χ3v) is 7.23. The molecule has 1 saturated heterocycles. The maximum atomic E-state index is 4.49. The average Bonchev–Trinajstić information content (AvgIpc) is 3.31. The van der Waals surface area contributed by atoms with Crippen molar-refractivity contribution in [3.05, 3.63) is 65.6 Å². The molecular weight excluding hydrogens is 400 g/mol. The van der Waals surface area contributed by atoms with E-state index in [1.165, 1.54) is 16.0 Å². The lowest BCUT2D eigenvalue weighted by molar-refractivity contribution is 0.234. The molecule has 1 aromatic heterocycles. The molecule has 31 heavy (non-hydrogen) atoms. The molecule has 3 atom stereocenters. The first kappa shape index (κ1) is 23.6. The molecular formula is C26H38N4S. The zero-order valence-electron chi connectivity index (χ0n) is 20.0. The van der Waals surface area contributed by atoms with Crippen molar-refractivity contribution in [2.45, 2.75) is 59.7 Å². The van der Waals surface area contributed by atoms with Crippen LogP contribution in [0.2, 0.25) is 0 Å². The van der Waals surface area contributed by atoms with Gasteiger partial charge in [-0.15, -0.1) is 11.3 Å². The van der Waals surface area contributed by atoms with Gasteiger partial charge in [0.15, 0.2) is 0 Å². The van der Waals surface area contributed by atoms with Crippen LogP contribution in [0.3, 0.4) is 0 Å². The standard InChI is InChI=1S/C26H38N4S/c1-17-13-23(30(15-17)20(4)25(27-8)26(5,6)7)18(2)28-14-21-9-11-22(12-10-21)24-19(3)29-16-31-24/h9-12,16-17,23,25,27-28H,2,4,13-15H2,1,3,5-8H3/t17-,23?,25-/m1/s1. The molecule has 1 aliphatic heterocycles. The highest BCUT2D eigenvalue weighted by molar-refractivity contribution is 7.13. The van der Waals surface area contributed by atoms with Crippen molar-refractivity contribution in [1.29, 1.82) is 0 Å². The second-order valence-electron chi connectivity index (χ2n) is 9.93. The van der Waals surface area contributed by atoms with Crippen molar-refractivity contribution >= 4 is 11.3 Å². The Kier molecular flexibility index (Phi) is 7.28. The van der Waals surface area contributed by atoms with Gasteiger partial charge in [0, 0.05) is 24.5 Å². The molecule has 0 radical (unpaired) electrons. The molecule has 0 spiro atoms. The Labute approximate surface area is 192 Å². The summed E-state index contributed by atoms with van der Waals surface area (Å²) in [6.45, 7) is 21.9. The molecule has 5 heteroatoms. The zero-order valence-corrected chi connectivity index (χ0v) is 20.8. The van der Waals surface area contributed by atoms with Gasteiger partial charge in [0.25, 0.3) is 0 Å². The van der Waals surface area contributed by atoms with E-state index in [4.69, 9.17) is 0 Å². The predicted octanol–water partition coefficient (Wildman–Crippen LogP) is 5.58. The molecule has 2 aromatic rings. The molecule has 2 heterocycles. The fourth-order valence-electron chi connectivity index (χ4n) is 4.65. The number of hydrogen-bond donors (Lipinski definition) is 2. The molecule has 1 aromatic carbocycles. The van der Waals surface area contributed by atoms with Gasteiger partial charge in [-0.3, -0.25) is 0 Å². The minimum Gasteiger partial charge on any atom is -0.383 e. The van der Waals surface area contributed by atoms with Crippen molar-refractivity contribution in [2.75, 3.05) is 13.6 Å². The van der Waals surface area contributed by atoms with E-state index >= 15 is 0 Å². The SMILES string of the molecule is C=C(NCc1ccc(-c2scnc2C)cc1)C1C[C@@H](C)CN1C(=C)[C@@H](NC)C(C)(C)C. The van der Waals surface area contributed by atoms with Crippen molar-refractivity contribution in [2.24, 2.45) is 11.3 Å². The highest BCUT2D eigenvalue weighted by atomic mass is 32.1. The highest BCUT2D eigenvalue weighted by Crippen LogP contribution is 2.34. The van der Waals surface area contributed by atoms with Crippen LogP contribution in [-0.2, 0) is 6.54 Å². The van der Waals surface area contributed by atoms with Crippen LogP contribution in [0, 0.1) is 18.3 Å². The van der Waals surface area contributed by atoms with Gasteiger partial charge in [0.1, 0.15) is 0 Å². The van der Waals surface area contributed by atoms with E-state index in [9.17, 15) is 0 Å². The van der Waals surface area contributed by atoms with E-state index in [1.54, 1.807) is 11.3 Å². The molecule has 0 aliphatic carbocycles.